The van der Waals surface area contributed by atoms with Crippen molar-refractivity contribution in [2.24, 2.45) is 17.3 Å². The molecule has 1 aliphatic heterocycles. The minimum atomic E-state index is 0.531. The predicted molar refractivity (Wildman–Crippen MR) is 59.6 cm³/mol. The van der Waals surface area contributed by atoms with Gasteiger partial charge in [-0.25, -0.2) is 0 Å². The predicted octanol–water partition coefficient (Wildman–Crippen LogP) is 3.12. The smallest absolute Gasteiger partial charge is 0.126 e. The first kappa shape index (κ1) is 7.98. The summed E-state index contributed by atoms with van der Waals surface area (Å²) < 4.78 is 5.86. The highest BCUT2D eigenvalue weighted by Crippen LogP contribution is 2.68. The van der Waals surface area contributed by atoms with Crippen LogP contribution in [0, 0.1) is 17.3 Å². The van der Waals surface area contributed by atoms with Crippen molar-refractivity contribution >= 4 is 5.57 Å². The van der Waals surface area contributed by atoms with Gasteiger partial charge in [0.05, 0.1) is 6.61 Å². The van der Waals surface area contributed by atoms with E-state index in [1.807, 2.05) is 0 Å². The summed E-state index contributed by atoms with van der Waals surface area (Å²) in [5, 5.41) is 0. The van der Waals surface area contributed by atoms with E-state index in [9.17, 15) is 0 Å². The lowest BCUT2D eigenvalue weighted by Gasteiger charge is -2.29. The van der Waals surface area contributed by atoms with Crippen LogP contribution in [0.25, 0.3) is 5.57 Å². The number of benzene rings is 1. The van der Waals surface area contributed by atoms with Crippen molar-refractivity contribution in [2.75, 3.05) is 6.61 Å². The molecule has 0 N–H and O–H groups in total. The van der Waals surface area contributed by atoms with Crippen LogP contribution in [0.2, 0.25) is 0 Å². The topological polar surface area (TPSA) is 9.23 Å². The SMILES string of the molecule is C[C@@]12C[C@@H]1C=C1c3ccccc3OC[C@@H]12. The molecule has 0 radical (unpaired) electrons. The Labute approximate surface area is 89.8 Å². The van der Waals surface area contributed by atoms with Crippen molar-refractivity contribution in [1.82, 2.24) is 0 Å². The third-order valence-electron chi connectivity index (χ3n) is 4.50. The van der Waals surface area contributed by atoms with E-state index in [1.54, 1.807) is 5.57 Å². The zero-order valence-electron chi connectivity index (χ0n) is 8.86. The highest BCUT2D eigenvalue weighted by atomic mass is 16.5. The second-order valence-electron chi connectivity index (χ2n) is 5.30. The first-order valence-electron chi connectivity index (χ1n) is 5.73. The molecule has 0 saturated heterocycles. The van der Waals surface area contributed by atoms with Gasteiger partial charge in [-0.1, -0.05) is 31.2 Å². The van der Waals surface area contributed by atoms with Crippen LogP contribution in [-0.2, 0) is 0 Å². The lowest BCUT2D eigenvalue weighted by molar-refractivity contribution is 0.220. The molecule has 0 unspecified atom stereocenters. The summed E-state index contributed by atoms with van der Waals surface area (Å²) in [6, 6.07) is 8.44. The number of allylic oxidation sites excluding steroid dienone is 1. The largest absolute Gasteiger partial charge is 0.492 e. The fourth-order valence-corrected chi connectivity index (χ4v) is 3.31. The van der Waals surface area contributed by atoms with Gasteiger partial charge in [-0.05, 0) is 29.4 Å². The van der Waals surface area contributed by atoms with Crippen molar-refractivity contribution in [1.29, 1.82) is 0 Å². The van der Waals surface area contributed by atoms with Crippen molar-refractivity contribution in [3.8, 4) is 5.75 Å². The maximum Gasteiger partial charge on any atom is 0.126 e. The second-order valence-corrected chi connectivity index (χ2v) is 5.30. The molecule has 1 heteroatoms. The number of ether oxygens (including phenoxy) is 1. The van der Waals surface area contributed by atoms with Crippen LogP contribution in [0.3, 0.4) is 0 Å². The standard InChI is InChI=1S/C14H14O/c1-14-7-9(14)6-11-10-4-2-3-5-13(10)15-8-12(11)14/h2-6,9,12H,7-8H2,1H3/t9-,12-,14+/m0/s1. The van der Waals surface area contributed by atoms with Crippen LogP contribution in [0.15, 0.2) is 30.3 Å². The maximum absolute atomic E-state index is 5.86. The van der Waals surface area contributed by atoms with Crippen LogP contribution < -0.4 is 4.74 Å². The van der Waals surface area contributed by atoms with Crippen molar-refractivity contribution in [3.63, 3.8) is 0 Å². The number of hydrogen-bond donors (Lipinski definition) is 0. The van der Waals surface area contributed by atoms with Gasteiger partial charge in [0.15, 0.2) is 0 Å². The summed E-state index contributed by atoms with van der Waals surface area (Å²) in [6.07, 6.45) is 3.86. The van der Waals surface area contributed by atoms with Crippen LogP contribution in [-0.4, -0.2) is 6.61 Å². The van der Waals surface area contributed by atoms with E-state index in [0.717, 1.165) is 18.3 Å². The van der Waals surface area contributed by atoms with Gasteiger partial charge in [0, 0.05) is 11.5 Å². The molecule has 76 valence electrons. The summed E-state index contributed by atoms with van der Waals surface area (Å²) >= 11 is 0. The van der Waals surface area contributed by atoms with E-state index < -0.39 is 0 Å². The third kappa shape index (κ3) is 0.847. The Morgan fingerprint density at radius 2 is 2.20 bits per heavy atom. The number of para-hydroxylation sites is 1. The van der Waals surface area contributed by atoms with Crippen LogP contribution in [0.5, 0.6) is 5.75 Å². The molecule has 1 saturated carbocycles. The van der Waals surface area contributed by atoms with E-state index in [0.29, 0.717) is 11.3 Å². The third-order valence-corrected chi connectivity index (χ3v) is 4.50. The molecule has 1 aromatic carbocycles. The van der Waals surface area contributed by atoms with Crippen molar-refractivity contribution in [2.45, 2.75) is 13.3 Å². The van der Waals surface area contributed by atoms with E-state index in [4.69, 9.17) is 4.74 Å². The minimum Gasteiger partial charge on any atom is -0.492 e. The molecule has 3 atom stereocenters. The maximum atomic E-state index is 5.86. The van der Waals surface area contributed by atoms with Gasteiger partial charge in [0.1, 0.15) is 5.75 Å². The van der Waals surface area contributed by atoms with E-state index >= 15 is 0 Å². The van der Waals surface area contributed by atoms with E-state index in [2.05, 4.69) is 37.3 Å². The molecule has 1 heterocycles. The van der Waals surface area contributed by atoms with Gasteiger partial charge in [-0.15, -0.1) is 0 Å². The van der Waals surface area contributed by atoms with E-state index in [-0.39, 0.29) is 0 Å². The van der Waals surface area contributed by atoms with Gasteiger partial charge in [-0.3, -0.25) is 0 Å². The molecule has 15 heavy (non-hydrogen) atoms. The minimum absolute atomic E-state index is 0.531. The molecular formula is C14H14O. The molecule has 0 amide bonds. The molecule has 1 fully saturated rings. The van der Waals surface area contributed by atoms with Crippen LogP contribution >= 0.6 is 0 Å². The Hall–Kier alpha value is -1.24. The van der Waals surface area contributed by atoms with Crippen LogP contribution in [0.4, 0.5) is 0 Å². The Morgan fingerprint density at radius 3 is 3.13 bits per heavy atom. The highest BCUT2D eigenvalue weighted by molar-refractivity contribution is 5.78. The molecular weight excluding hydrogens is 184 g/mol. The van der Waals surface area contributed by atoms with E-state index in [1.165, 1.54) is 12.0 Å². The molecule has 0 bridgehead atoms. The van der Waals surface area contributed by atoms with Gasteiger partial charge in [-0.2, -0.15) is 0 Å². The number of hydrogen-bond acceptors (Lipinski definition) is 1. The zero-order chi connectivity index (χ0) is 10.0. The zero-order valence-corrected chi connectivity index (χ0v) is 8.86. The molecule has 4 rings (SSSR count). The first-order chi connectivity index (χ1) is 7.29. The quantitative estimate of drug-likeness (QED) is 0.622. The average molecular weight is 198 g/mol. The Morgan fingerprint density at radius 1 is 1.33 bits per heavy atom. The Bertz CT molecular complexity index is 474. The molecule has 0 aromatic heterocycles. The van der Waals surface area contributed by atoms with Gasteiger partial charge < -0.3 is 4.74 Å². The molecule has 3 aliphatic rings. The lowest BCUT2D eigenvalue weighted by atomic mass is 9.83. The van der Waals surface area contributed by atoms with Gasteiger partial charge in [0.2, 0.25) is 0 Å². The molecule has 1 nitrogen and oxygen atoms in total. The summed E-state index contributed by atoms with van der Waals surface area (Å²) in [7, 11) is 0. The normalized spacial score (nSPS) is 39.7. The fourth-order valence-electron chi connectivity index (χ4n) is 3.31. The second kappa shape index (κ2) is 2.29. The average Bonchev–Trinajstić information content (AvgIpc) is 2.83. The summed E-state index contributed by atoms with van der Waals surface area (Å²) in [6.45, 7) is 3.29. The van der Waals surface area contributed by atoms with Crippen LogP contribution in [0.1, 0.15) is 18.9 Å². The van der Waals surface area contributed by atoms with Gasteiger partial charge >= 0.3 is 0 Å². The summed E-state index contributed by atoms with van der Waals surface area (Å²) in [5.74, 6) is 2.55. The van der Waals surface area contributed by atoms with Crippen molar-refractivity contribution in [3.05, 3.63) is 35.9 Å². The Balaban J connectivity index is 1.89. The fraction of sp³-hybridized carbons (Fsp3) is 0.429. The number of fused-ring (bicyclic) bond motifs is 5. The summed E-state index contributed by atoms with van der Waals surface area (Å²) in [5.41, 5.74) is 3.42. The molecule has 2 aliphatic carbocycles. The first-order valence-corrected chi connectivity index (χ1v) is 5.73. The molecule has 0 spiro atoms. The lowest BCUT2D eigenvalue weighted by Crippen LogP contribution is -2.24. The molecule has 1 aromatic rings. The monoisotopic (exact) mass is 198 g/mol. The number of rotatable bonds is 0. The van der Waals surface area contributed by atoms with Crippen molar-refractivity contribution < 1.29 is 4.74 Å². The summed E-state index contributed by atoms with van der Waals surface area (Å²) in [4.78, 5) is 0. The Kier molecular flexibility index (Phi) is 1.22. The van der Waals surface area contributed by atoms with Gasteiger partial charge in [0.25, 0.3) is 0 Å². The highest BCUT2D eigenvalue weighted by Gasteiger charge is 2.60.